The summed E-state index contributed by atoms with van der Waals surface area (Å²) in [4.78, 5) is 15.9. The summed E-state index contributed by atoms with van der Waals surface area (Å²) >= 11 is 0. The lowest BCUT2D eigenvalue weighted by atomic mass is 9.96. The number of rotatable bonds is 6. The van der Waals surface area contributed by atoms with E-state index in [4.69, 9.17) is 15.0 Å². The van der Waals surface area contributed by atoms with Gasteiger partial charge in [-0.25, -0.2) is 4.98 Å². The Hall–Kier alpha value is -7.11. The van der Waals surface area contributed by atoms with Crippen molar-refractivity contribution in [2.45, 2.75) is 6.92 Å². The Balaban J connectivity index is 1.31. The minimum absolute atomic E-state index is 0.569. The van der Waals surface area contributed by atoms with E-state index in [1.165, 1.54) is 5.39 Å². The van der Waals surface area contributed by atoms with Crippen LogP contribution in [0, 0.1) is 6.92 Å². The molecule has 0 atom stereocenters. The van der Waals surface area contributed by atoms with Crippen LogP contribution in [-0.4, -0.2) is 23.9 Å². The summed E-state index contributed by atoms with van der Waals surface area (Å²) < 4.78 is 4.61. The molecule has 0 spiro atoms. The van der Waals surface area contributed by atoms with E-state index in [-0.39, 0.29) is 0 Å². The van der Waals surface area contributed by atoms with E-state index in [0.29, 0.717) is 17.6 Å². The maximum absolute atomic E-state index is 5.38. The maximum Gasteiger partial charge on any atom is 0.238 e. The number of hydrogen-bond donors (Lipinski definition) is 0. The molecule has 6 aromatic carbocycles. The lowest BCUT2D eigenvalue weighted by molar-refractivity contribution is 0.954. The second-order valence-electron chi connectivity index (χ2n) is 13.4. The van der Waals surface area contributed by atoms with Gasteiger partial charge in [-0.3, -0.25) is 4.57 Å². The topological polar surface area (TPSA) is 48.0 Å². The third kappa shape index (κ3) is 5.21. The summed E-state index contributed by atoms with van der Waals surface area (Å²) in [5.41, 5.74) is 13.0. The van der Waals surface area contributed by atoms with Crippen LogP contribution in [0.2, 0.25) is 0 Å². The molecule has 0 amide bonds. The summed E-state index contributed by atoms with van der Waals surface area (Å²) in [6, 6.07) is 63.6. The number of aryl methyl sites for hydroxylation is 1. The fourth-order valence-electron chi connectivity index (χ4n) is 7.67. The first-order valence-electron chi connectivity index (χ1n) is 17.9. The highest BCUT2D eigenvalue weighted by molar-refractivity contribution is 6.20. The van der Waals surface area contributed by atoms with Gasteiger partial charge in [0.2, 0.25) is 5.95 Å². The molecule has 10 aromatic rings. The molecule has 0 unspecified atom stereocenters. The van der Waals surface area contributed by atoms with E-state index in [1.807, 2.05) is 30.3 Å². The molecule has 53 heavy (non-hydrogen) atoms. The Kier molecular flexibility index (Phi) is 7.29. The van der Waals surface area contributed by atoms with Crippen LogP contribution in [-0.2, 0) is 0 Å². The first-order chi connectivity index (χ1) is 26.2. The number of nitrogens with zero attached hydrogens (tertiary/aromatic N) is 5. The number of para-hydroxylation sites is 1. The van der Waals surface area contributed by atoms with E-state index in [1.54, 1.807) is 0 Å². The summed E-state index contributed by atoms with van der Waals surface area (Å²) in [6.45, 7) is 2.17. The van der Waals surface area contributed by atoms with Gasteiger partial charge >= 0.3 is 0 Å². The third-order valence-electron chi connectivity index (χ3n) is 10.1. The Bertz CT molecular complexity index is 2870. The Morgan fingerprint density at radius 1 is 0.396 bits per heavy atom. The van der Waals surface area contributed by atoms with E-state index in [0.717, 1.165) is 72.3 Å². The molecule has 0 bridgehead atoms. The molecule has 0 N–H and O–H groups in total. The quantitative estimate of drug-likeness (QED) is 0.176. The zero-order valence-electron chi connectivity index (χ0n) is 29.1. The van der Waals surface area contributed by atoms with Gasteiger partial charge in [0, 0.05) is 27.6 Å². The molecule has 0 aliphatic carbocycles. The van der Waals surface area contributed by atoms with E-state index >= 15 is 0 Å². The lowest BCUT2D eigenvalue weighted by Gasteiger charge is -2.13. The van der Waals surface area contributed by atoms with Crippen LogP contribution < -0.4 is 0 Å². The Labute approximate surface area is 307 Å². The molecular weight excluding hydrogens is 647 g/mol. The van der Waals surface area contributed by atoms with Crippen molar-refractivity contribution in [3.05, 3.63) is 188 Å². The van der Waals surface area contributed by atoms with Gasteiger partial charge in [-0.1, -0.05) is 146 Å². The maximum atomic E-state index is 5.38. The fourth-order valence-corrected chi connectivity index (χ4v) is 7.67. The van der Waals surface area contributed by atoms with Gasteiger partial charge in [0.05, 0.1) is 22.2 Å². The summed E-state index contributed by atoms with van der Waals surface area (Å²) in [5, 5.41) is 2.31. The van der Waals surface area contributed by atoms with Crippen molar-refractivity contribution in [3.8, 4) is 62.2 Å². The molecule has 10 rings (SSSR count). The molecule has 0 aliphatic rings. The number of hydrogen-bond acceptors (Lipinski definition) is 3. The van der Waals surface area contributed by atoms with Crippen LogP contribution in [0.5, 0.6) is 0 Å². The standard InChI is InChI=1S/C48H33N5/c1-32-17-16-28-42-45-43(44(52(32)42)35-22-10-4-11-23-35)40-26-14-15-27-41(40)53(45)48-50-46(36-24-12-5-13-25-36)49-47(51-48)39-30-37(33-18-6-2-7-19-33)29-38(31-39)34-20-8-3-9-21-34/h2-31H,1H3. The smallest absolute Gasteiger partial charge is 0.238 e. The average molecular weight is 680 g/mol. The van der Waals surface area contributed by atoms with Gasteiger partial charge in [0.15, 0.2) is 11.6 Å². The largest absolute Gasteiger partial charge is 0.311 e. The van der Waals surface area contributed by atoms with Gasteiger partial charge in [0.25, 0.3) is 0 Å². The molecular formula is C48H33N5. The Morgan fingerprint density at radius 3 is 1.51 bits per heavy atom. The molecule has 0 saturated heterocycles. The zero-order chi connectivity index (χ0) is 35.3. The van der Waals surface area contributed by atoms with Crippen molar-refractivity contribution in [1.82, 2.24) is 23.9 Å². The molecule has 0 aliphatic heterocycles. The third-order valence-corrected chi connectivity index (χ3v) is 10.1. The zero-order valence-corrected chi connectivity index (χ0v) is 29.1. The molecule has 4 heterocycles. The predicted molar refractivity (Wildman–Crippen MR) is 217 cm³/mol. The minimum Gasteiger partial charge on any atom is -0.311 e. The first-order valence-corrected chi connectivity index (χ1v) is 17.9. The van der Waals surface area contributed by atoms with Crippen LogP contribution in [0.15, 0.2) is 182 Å². The highest BCUT2D eigenvalue weighted by Gasteiger charge is 2.25. The molecule has 0 saturated carbocycles. The van der Waals surface area contributed by atoms with Crippen molar-refractivity contribution in [2.24, 2.45) is 0 Å². The van der Waals surface area contributed by atoms with Gasteiger partial charge in [-0.2, -0.15) is 9.97 Å². The summed E-state index contributed by atoms with van der Waals surface area (Å²) in [6.07, 6.45) is 0. The van der Waals surface area contributed by atoms with Crippen molar-refractivity contribution >= 4 is 27.3 Å². The highest BCUT2D eigenvalue weighted by Crippen LogP contribution is 2.43. The summed E-state index contributed by atoms with van der Waals surface area (Å²) in [5.74, 6) is 1.80. The van der Waals surface area contributed by atoms with E-state index in [2.05, 4.69) is 168 Å². The van der Waals surface area contributed by atoms with Crippen LogP contribution in [0.1, 0.15) is 5.69 Å². The normalized spacial score (nSPS) is 11.5. The number of aromatic nitrogens is 5. The predicted octanol–water partition coefficient (Wildman–Crippen LogP) is 11.9. The van der Waals surface area contributed by atoms with Crippen LogP contribution in [0.4, 0.5) is 0 Å². The van der Waals surface area contributed by atoms with Gasteiger partial charge in [-0.05, 0) is 71.1 Å². The molecule has 5 nitrogen and oxygen atoms in total. The van der Waals surface area contributed by atoms with Crippen LogP contribution in [0.3, 0.4) is 0 Å². The van der Waals surface area contributed by atoms with Gasteiger partial charge in [-0.15, -0.1) is 0 Å². The summed E-state index contributed by atoms with van der Waals surface area (Å²) in [7, 11) is 0. The first kappa shape index (κ1) is 30.7. The van der Waals surface area contributed by atoms with Crippen molar-refractivity contribution in [1.29, 1.82) is 0 Å². The van der Waals surface area contributed by atoms with E-state index < -0.39 is 0 Å². The number of fused-ring (bicyclic) bond motifs is 5. The second kappa shape index (κ2) is 12.6. The fraction of sp³-hybridized carbons (Fsp3) is 0.0208. The minimum atomic E-state index is 0.569. The monoisotopic (exact) mass is 679 g/mol. The van der Waals surface area contributed by atoms with Gasteiger partial charge in [0.1, 0.15) is 0 Å². The molecule has 0 fully saturated rings. The van der Waals surface area contributed by atoms with Gasteiger partial charge < -0.3 is 4.40 Å². The number of pyridine rings is 1. The van der Waals surface area contributed by atoms with Crippen molar-refractivity contribution < 1.29 is 0 Å². The van der Waals surface area contributed by atoms with Crippen molar-refractivity contribution in [3.63, 3.8) is 0 Å². The van der Waals surface area contributed by atoms with E-state index in [9.17, 15) is 0 Å². The molecule has 4 aromatic heterocycles. The Morgan fingerprint density at radius 2 is 0.887 bits per heavy atom. The SMILES string of the molecule is Cc1cccc2c3c(c(-c4ccccc4)n12)c1ccccc1n3-c1nc(-c2ccccc2)nc(-c2cc(-c3ccccc3)cc(-c3ccccc3)c2)n1. The molecule has 0 radical (unpaired) electrons. The molecule has 250 valence electrons. The average Bonchev–Trinajstić information content (AvgIpc) is 3.75. The number of benzene rings is 6. The second-order valence-corrected chi connectivity index (χ2v) is 13.4. The van der Waals surface area contributed by atoms with Crippen LogP contribution in [0.25, 0.3) is 89.6 Å². The highest BCUT2D eigenvalue weighted by atomic mass is 15.2. The molecule has 5 heteroatoms. The van der Waals surface area contributed by atoms with Crippen LogP contribution >= 0.6 is 0 Å². The van der Waals surface area contributed by atoms with Crippen molar-refractivity contribution in [2.75, 3.05) is 0 Å². The lowest BCUT2D eigenvalue weighted by Crippen LogP contribution is -2.07.